The molecule has 0 spiro atoms. The molecule has 0 aliphatic heterocycles. The van der Waals surface area contributed by atoms with Crippen molar-refractivity contribution in [2.45, 2.75) is 6.92 Å². The minimum Gasteiger partial charge on any atom is -0.361 e. The van der Waals surface area contributed by atoms with Crippen LogP contribution in [0.25, 0.3) is 0 Å². The Kier molecular flexibility index (Phi) is 7.06. The lowest BCUT2D eigenvalue weighted by molar-refractivity contribution is 0.630. The molecule has 1 aromatic carbocycles. The maximum atomic E-state index is 8.29. The van der Waals surface area contributed by atoms with Gasteiger partial charge in [0.1, 0.15) is 0 Å². The largest absolute Gasteiger partial charge is 0.361 e. The van der Waals surface area contributed by atoms with Crippen LogP contribution in [0.3, 0.4) is 0 Å². The second-order valence-electron chi connectivity index (χ2n) is 2.72. The lowest BCUT2D eigenvalue weighted by atomic mass is 10.2. The van der Waals surface area contributed by atoms with Gasteiger partial charge in [-0.2, -0.15) is 8.42 Å². The van der Waals surface area contributed by atoms with Gasteiger partial charge in [-0.25, -0.2) is 0 Å². The average molecular weight is 234 g/mol. The summed E-state index contributed by atoms with van der Waals surface area (Å²) in [4.78, 5) is 1.99. The summed E-state index contributed by atoms with van der Waals surface area (Å²) in [6.07, 6.45) is 0. The van der Waals surface area contributed by atoms with E-state index in [-0.39, 0.29) is 0 Å². The maximum absolute atomic E-state index is 8.29. The molecule has 0 amide bonds. The molecule has 3 nitrogen and oxygen atoms in total. The Hall–Kier alpha value is -0.870. The molecule has 0 fully saturated rings. The second-order valence-corrected chi connectivity index (χ2v) is 3.10. The van der Waals surface area contributed by atoms with Crippen LogP contribution in [0.5, 0.6) is 0 Å². The summed E-state index contributed by atoms with van der Waals surface area (Å²) in [6.45, 7) is 2.07. The topological polar surface area (TPSA) is 37.4 Å². The zero-order chi connectivity index (χ0) is 11.0. The van der Waals surface area contributed by atoms with Gasteiger partial charge in [0.2, 0.25) is 0 Å². The molecule has 0 aromatic heterocycles. The maximum Gasteiger partial charge on any atom is 0.335 e. The van der Waals surface area contributed by atoms with Gasteiger partial charge in [-0.3, -0.25) is 0 Å². The summed E-state index contributed by atoms with van der Waals surface area (Å²) in [7, 11) is 1.97. The number of hydrogen-bond acceptors (Lipinski definition) is 3. The SMILES string of the molecule is Cc1ccc(N(C)CCl)cc1.O=S=O. The molecule has 0 bridgehead atoms. The molecule has 0 saturated heterocycles. The van der Waals surface area contributed by atoms with E-state index in [2.05, 4.69) is 31.2 Å². The predicted molar refractivity (Wildman–Crippen MR) is 59.2 cm³/mol. The minimum atomic E-state index is -0.750. The van der Waals surface area contributed by atoms with E-state index in [4.69, 9.17) is 20.0 Å². The van der Waals surface area contributed by atoms with E-state index in [1.165, 1.54) is 5.56 Å². The zero-order valence-corrected chi connectivity index (χ0v) is 9.64. The molecule has 0 atom stereocenters. The molecule has 1 aromatic rings. The molecule has 0 heterocycles. The van der Waals surface area contributed by atoms with Crippen molar-refractivity contribution in [3.8, 4) is 0 Å². The Morgan fingerprint density at radius 1 is 1.29 bits per heavy atom. The minimum absolute atomic E-state index is 0.531. The van der Waals surface area contributed by atoms with Gasteiger partial charge in [0.05, 0.1) is 6.00 Å². The Morgan fingerprint density at radius 3 is 2.07 bits per heavy atom. The first-order valence-corrected chi connectivity index (χ1v) is 5.11. The predicted octanol–water partition coefficient (Wildman–Crippen LogP) is 1.96. The molecule has 78 valence electrons. The second kappa shape index (κ2) is 7.53. The normalized spacial score (nSPS) is 8.50. The number of nitrogens with zero attached hydrogens (tertiary/aromatic N) is 1. The lowest BCUT2D eigenvalue weighted by Crippen LogP contribution is -2.13. The molecule has 0 unspecified atom stereocenters. The first-order valence-electron chi connectivity index (χ1n) is 3.91. The van der Waals surface area contributed by atoms with Gasteiger partial charge in [-0.15, -0.1) is 11.6 Å². The van der Waals surface area contributed by atoms with Crippen molar-refractivity contribution in [1.82, 2.24) is 0 Å². The molecule has 0 N–H and O–H groups in total. The fourth-order valence-electron chi connectivity index (χ4n) is 0.868. The van der Waals surface area contributed by atoms with Crippen molar-refractivity contribution < 1.29 is 8.42 Å². The van der Waals surface area contributed by atoms with Crippen molar-refractivity contribution >= 4 is 28.9 Å². The molecular formula is C9H12ClNO2S. The van der Waals surface area contributed by atoms with Crippen LogP contribution in [0, 0.1) is 6.92 Å². The van der Waals surface area contributed by atoms with Crippen LogP contribution in [0.4, 0.5) is 5.69 Å². The van der Waals surface area contributed by atoms with Crippen LogP contribution in [0.1, 0.15) is 5.56 Å². The van der Waals surface area contributed by atoms with Gasteiger partial charge >= 0.3 is 11.6 Å². The van der Waals surface area contributed by atoms with Crippen molar-refractivity contribution in [3.63, 3.8) is 0 Å². The first kappa shape index (κ1) is 13.1. The highest BCUT2D eigenvalue weighted by atomic mass is 35.5. The molecule has 0 aliphatic carbocycles. The highest BCUT2D eigenvalue weighted by molar-refractivity contribution is 7.51. The van der Waals surface area contributed by atoms with Gasteiger partial charge in [0.15, 0.2) is 0 Å². The number of alkyl halides is 1. The van der Waals surface area contributed by atoms with E-state index in [0.29, 0.717) is 6.00 Å². The number of aryl methyl sites for hydroxylation is 1. The first-order chi connectivity index (χ1) is 6.65. The smallest absolute Gasteiger partial charge is 0.335 e. The Morgan fingerprint density at radius 2 is 1.71 bits per heavy atom. The summed E-state index contributed by atoms with van der Waals surface area (Å²) < 4.78 is 16.6. The van der Waals surface area contributed by atoms with Gasteiger partial charge in [0, 0.05) is 12.7 Å². The van der Waals surface area contributed by atoms with E-state index in [9.17, 15) is 0 Å². The van der Waals surface area contributed by atoms with E-state index in [1.807, 2.05) is 11.9 Å². The highest BCUT2D eigenvalue weighted by Crippen LogP contribution is 2.13. The third-order valence-electron chi connectivity index (χ3n) is 1.65. The molecule has 0 saturated carbocycles. The lowest BCUT2D eigenvalue weighted by Gasteiger charge is -2.14. The monoisotopic (exact) mass is 233 g/mol. The van der Waals surface area contributed by atoms with Crippen LogP contribution in [-0.4, -0.2) is 21.5 Å². The Balaban J connectivity index is 0.000000500. The quantitative estimate of drug-likeness (QED) is 0.579. The fourth-order valence-corrected chi connectivity index (χ4v) is 1.01. The Bertz CT molecular complexity index is 296. The zero-order valence-electron chi connectivity index (χ0n) is 8.07. The number of hydrogen-bond donors (Lipinski definition) is 0. The van der Waals surface area contributed by atoms with Gasteiger partial charge in [-0.05, 0) is 19.1 Å². The van der Waals surface area contributed by atoms with E-state index in [0.717, 1.165) is 5.69 Å². The highest BCUT2D eigenvalue weighted by Gasteiger charge is 1.95. The van der Waals surface area contributed by atoms with E-state index in [1.54, 1.807) is 0 Å². The number of halogens is 1. The molecule has 5 heteroatoms. The van der Waals surface area contributed by atoms with Crippen molar-refractivity contribution in [2.75, 3.05) is 18.0 Å². The van der Waals surface area contributed by atoms with Gasteiger partial charge in [-0.1, -0.05) is 17.7 Å². The number of benzene rings is 1. The van der Waals surface area contributed by atoms with Gasteiger partial charge in [0.25, 0.3) is 0 Å². The summed E-state index contributed by atoms with van der Waals surface area (Å²) in [5.74, 6) is 0. The van der Waals surface area contributed by atoms with Crippen molar-refractivity contribution in [3.05, 3.63) is 29.8 Å². The van der Waals surface area contributed by atoms with Crippen LogP contribution in [-0.2, 0) is 11.6 Å². The summed E-state index contributed by atoms with van der Waals surface area (Å²) >= 11 is 4.90. The average Bonchev–Trinajstić information content (AvgIpc) is 2.19. The molecular weight excluding hydrogens is 222 g/mol. The van der Waals surface area contributed by atoms with E-state index >= 15 is 0 Å². The third-order valence-corrected chi connectivity index (χ3v) is 2.01. The standard InChI is InChI=1S/C9H12ClN.O2S/c1-8-3-5-9(6-4-8)11(2)7-10;1-3-2/h3-6H,7H2,1-2H3;. The van der Waals surface area contributed by atoms with Crippen molar-refractivity contribution in [2.24, 2.45) is 0 Å². The Labute approximate surface area is 92.3 Å². The summed E-state index contributed by atoms with van der Waals surface area (Å²) in [6, 6.07) is 8.83. The number of anilines is 1. The van der Waals surface area contributed by atoms with Crippen LogP contribution in [0.2, 0.25) is 0 Å². The molecule has 1 rings (SSSR count). The van der Waals surface area contributed by atoms with E-state index < -0.39 is 11.6 Å². The number of rotatable bonds is 2. The molecule has 0 aliphatic rings. The summed E-state index contributed by atoms with van der Waals surface area (Å²) in [5, 5.41) is 0. The van der Waals surface area contributed by atoms with Crippen LogP contribution < -0.4 is 4.90 Å². The van der Waals surface area contributed by atoms with Gasteiger partial charge < -0.3 is 4.90 Å². The molecule has 14 heavy (non-hydrogen) atoms. The molecule has 0 radical (unpaired) electrons. The third kappa shape index (κ3) is 4.99. The van der Waals surface area contributed by atoms with Crippen LogP contribution in [0.15, 0.2) is 24.3 Å². The summed E-state index contributed by atoms with van der Waals surface area (Å²) in [5.41, 5.74) is 2.43. The van der Waals surface area contributed by atoms with Crippen molar-refractivity contribution in [1.29, 1.82) is 0 Å². The fraction of sp³-hybridized carbons (Fsp3) is 0.333. The van der Waals surface area contributed by atoms with Crippen LogP contribution >= 0.6 is 11.6 Å².